The lowest BCUT2D eigenvalue weighted by atomic mass is 10.2. The van der Waals surface area contributed by atoms with Crippen molar-refractivity contribution in [1.82, 2.24) is 9.88 Å². The summed E-state index contributed by atoms with van der Waals surface area (Å²) in [4.78, 5) is 9.19. The van der Waals surface area contributed by atoms with Crippen molar-refractivity contribution in [3.8, 4) is 0 Å². The smallest absolute Gasteiger partial charge is 0.106 e. The molecule has 4 heteroatoms. The maximum Gasteiger partial charge on any atom is 0.106 e. The van der Waals surface area contributed by atoms with E-state index in [4.69, 9.17) is 0 Å². The van der Waals surface area contributed by atoms with Gasteiger partial charge in [0.2, 0.25) is 0 Å². The van der Waals surface area contributed by atoms with Crippen molar-refractivity contribution in [2.75, 3.05) is 32.1 Å². The highest BCUT2D eigenvalue weighted by molar-refractivity contribution is 9.10. The Morgan fingerprint density at radius 2 is 2.00 bits per heavy atom. The molecular formula is C12H18BrN3. The minimum atomic E-state index is 0.894. The molecule has 0 unspecified atom stereocenters. The molecule has 0 atom stereocenters. The van der Waals surface area contributed by atoms with Gasteiger partial charge in [0.05, 0.1) is 11.4 Å². The van der Waals surface area contributed by atoms with Crippen LogP contribution in [0.1, 0.15) is 18.5 Å². The molecule has 16 heavy (non-hydrogen) atoms. The number of nitrogens with zero attached hydrogens (tertiary/aromatic N) is 3. The first-order chi connectivity index (χ1) is 7.66. The lowest BCUT2D eigenvalue weighted by Gasteiger charge is -2.22. The van der Waals surface area contributed by atoms with Gasteiger partial charge in [0, 0.05) is 19.6 Å². The summed E-state index contributed by atoms with van der Waals surface area (Å²) in [6, 6.07) is 4.22. The molecule has 0 radical (unpaired) electrons. The third-order valence-electron chi connectivity index (χ3n) is 2.83. The van der Waals surface area contributed by atoms with Crippen molar-refractivity contribution in [3.63, 3.8) is 0 Å². The maximum atomic E-state index is 4.59. The summed E-state index contributed by atoms with van der Waals surface area (Å²) in [5.41, 5.74) is 2.47. The van der Waals surface area contributed by atoms with E-state index in [1.807, 2.05) is 6.07 Å². The zero-order valence-electron chi connectivity index (χ0n) is 9.91. The normalized spacial score (nSPS) is 16.1. The van der Waals surface area contributed by atoms with Crippen molar-refractivity contribution in [1.29, 1.82) is 0 Å². The van der Waals surface area contributed by atoms with Gasteiger partial charge in [-0.05, 0) is 55.0 Å². The molecule has 0 spiro atoms. The van der Waals surface area contributed by atoms with Crippen LogP contribution in [0.15, 0.2) is 16.7 Å². The van der Waals surface area contributed by atoms with Gasteiger partial charge in [0.15, 0.2) is 0 Å². The summed E-state index contributed by atoms with van der Waals surface area (Å²) in [6.45, 7) is 3.23. The van der Waals surface area contributed by atoms with Gasteiger partial charge in [0.1, 0.15) is 4.60 Å². The van der Waals surface area contributed by atoms with Gasteiger partial charge in [-0.2, -0.15) is 0 Å². The van der Waals surface area contributed by atoms with Crippen LogP contribution in [0.4, 0.5) is 5.69 Å². The number of rotatable bonds is 3. The Morgan fingerprint density at radius 1 is 1.31 bits per heavy atom. The quantitative estimate of drug-likeness (QED) is 0.795. The van der Waals surface area contributed by atoms with E-state index in [0.29, 0.717) is 0 Å². The number of halogens is 1. The second kappa shape index (κ2) is 5.15. The summed E-state index contributed by atoms with van der Waals surface area (Å²) in [5.74, 6) is 0. The SMILES string of the molecule is CN(C)Cc1nc(Br)ccc1N1CCCC1. The minimum absolute atomic E-state index is 0.894. The van der Waals surface area contributed by atoms with Crippen LogP contribution in [0.5, 0.6) is 0 Å². The predicted molar refractivity (Wildman–Crippen MR) is 70.8 cm³/mol. The molecule has 0 amide bonds. The molecule has 1 aromatic rings. The lowest BCUT2D eigenvalue weighted by Crippen LogP contribution is -2.22. The number of hydrogen-bond acceptors (Lipinski definition) is 3. The molecule has 1 aliphatic rings. The van der Waals surface area contributed by atoms with Crippen molar-refractivity contribution in [2.45, 2.75) is 19.4 Å². The molecular weight excluding hydrogens is 266 g/mol. The first kappa shape index (κ1) is 11.9. The molecule has 1 aromatic heterocycles. The topological polar surface area (TPSA) is 19.4 Å². The minimum Gasteiger partial charge on any atom is -0.370 e. The Kier molecular flexibility index (Phi) is 3.82. The zero-order valence-corrected chi connectivity index (χ0v) is 11.5. The highest BCUT2D eigenvalue weighted by Gasteiger charge is 2.17. The van der Waals surface area contributed by atoms with Gasteiger partial charge in [0.25, 0.3) is 0 Å². The van der Waals surface area contributed by atoms with Crippen LogP contribution in [-0.2, 0) is 6.54 Å². The molecule has 0 N–H and O–H groups in total. The standard InChI is InChI=1S/C12H18BrN3/c1-15(2)9-10-11(5-6-12(13)14-10)16-7-3-4-8-16/h5-6H,3-4,7-9H2,1-2H3. The number of anilines is 1. The fourth-order valence-corrected chi connectivity index (χ4v) is 2.48. The van der Waals surface area contributed by atoms with Crippen LogP contribution in [-0.4, -0.2) is 37.1 Å². The molecule has 1 saturated heterocycles. The van der Waals surface area contributed by atoms with Crippen LogP contribution < -0.4 is 4.90 Å². The molecule has 88 valence electrons. The Balaban J connectivity index is 2.27. The maximum absolute atomic E-state index is 4.59. The second-order valence-corrected chi connectivity index (χ2v) is 5.34. The second-order valence-electron chi connectivity index (χ2n) is 4.53. The van der Waals surface area contributed by atoms with E-state index in [2.05, 4.69) is 50.9 Å². The third-order valence-corrected chi connectivity index (χ3v) is 3.27. The molecule has 2 rings (SSSR count). The average molecular weight is 284 g/mol. The number of pyridine rings is 1. The van der Waals surface area contributed by atoms with E-state index in [9.17, 15) is 0 Å². The Labute approximate surface area is 106 Å². The molecule has 0 aromatic carbocycles. The molecule has 0 bridgehead atoms. The summed E-state index contributed by atoms with van der Waals surface area (Å²) < 4.78 is 0.923. The van der Waals surface area contributed by atoms with Gasteiger partial charge in [-0.1, -0.05) is 0 Å². The van der Waals surface area contributed by atoms with Gasteiger partial charge in [-0.25, -0.2) is 4.98 Å². The summed E-state index contributed by atoms with van der Waals surface area (Å²) in [5, 5.41) is 0. The van der Waals surface area contributed by atoms with E-state index in [-0.39, 0.29) is 0 Å². The van der Waals surface area contributed by atoms with E-state index in [1.54, 1.807) is 0 Å². The fourth-order valence-electron chi connectivity index (χ4n) is 2.13. The predicted octanol–water partition coefficient (Wildman–Crippen LogP) is 2.51. The number of aromatic nitrogens is 1. The summed E-state index contributed by atoms with van der Waals surface area (Å²) in [7, 11) is 4.16. The molecule has 0 saturated carbocycles. The van der Waals surface area contributed by atoms with E-state index < -0.39 is 0 Å². The Bertz CT molecular complexity index is 359. The lowest BCUT2D eigenvalue weighted by molar-refractivity contribution is 0.396. The van der Waals surface area contributed by atoms with E-state index in [1.165, 1.54) is 37.3 Å². The van der Waals surface area contributed by atoms with Crippen molar-refractivity contribution in [3.05, 3.63) is 22.4 Å². The summed E-state index contributed by atoms with van der Waals surface area (Å²) in [6.07, 6.45) is 2.61. The third kappa shape index (κ3) is 2.74. The van der Waals surface area contributed by atoms with E-state index >= 15 is 0 Å². The largest absolute Gasteiger partial charge is 0.370 e. The molecule has 2 heterocycles. The average Bonchev–Trinajstić information content (AvgIpc) is 2.69. The fraction of sp³-hybridized carbons (Fsp3) is 0.583. The first-order valence-corrected chi connectivity index (χ1v) is 6.51. The van der Waals surface area contributed by atoms with Crippen LogP contribution in [0, 0.1) is 0 Å². The molecule has 0 aliphatic carbocycles. The van der Waals surface area contributed by atoms with Crippen LogP contribution in [0.3, 0.4) is 0 Å². The van der Waals surface area contributed by atoms with Gasteiger partial charge >= 0.3 is 0 Å². The van der Waals surface area contributed by atoms with Crippen molar-refractivity contribution >= 4 is 21.6 Å². The highest BCUT2D eigenvalue weighted by atomic mass is 79.9. The summed E-state index contributed by atoms with van der Waals surface area (Å²) >= 11 is 3.45. The van der Waals surface area contributed by atoms with Gasteiger partial charge < -0.3 is 9.80 Å². The first-order valence-electron chi connectivity index (χ1n) is 5.72. The Morgan fingerprint density at radius 3 is 2.62 bits per heavy atom. The van der Waals surface area contributed by atoms with Crippen LogP contribution >= 0.6 is 15.9 Å². The molecule has 1 fully saturated rings. The van der Waals surface area contributed by atoms with E-state index in [0.717, 1.165) is 11.1 Å². The van der Waals surface area contributed by atoms with Gasteiger partial charge in [-0.3, -0.25) is 0 Å². The zero-order chi connectivity index (χ0) is 11.5. The Hall–Kier alpha value is -0.610. The highest BCUT2D eigenvalue weighted by Crippen LogP contribution is 2.25. The monoisotopic (exact) mass is 283 g/mol. The van der Waals surface area contributed by atoms with Crippen molar-refractivity contribution in [2.24, 2.45) is 0 Å². The van der Waals surface area contributed by atoms with Crippen molar-refractivity contribution < 1.29 is 0 Å². The van der Waals surface area contributed by atoms with Crippen LogP contribution in [0.25, 0.3) is 0 Å². The number of hydrogen-bond donors (Lipinski definition) is 0. The molecule has 3 nitrogen and oxygen atoms in total. The molecule has 1 aliphatic heterocycles. The van der Waals surface area contributed by atoms with Crippen LogP contribution in [0.2, 0.25) is 0 Å². The van der Waals surface area contributed by atoms with Gasteiger partial charge in [-0.15, -0.1) is 0 Å².